The number of methoxy groups -OCH3 is 3. The van der Waals surface area contributed by atoms with Crippen molar-refractivity contribution in [3.8, 4) is 17.1 Å². The molecule has 1 aromatic heterocycles. The molecular formula is C14H16N2O3. The third-order valence-corrected chi connectivity index (χ3v) is 2.69. The number of hydrogen-bond donors (Lipinski definition) is 0. The van der Waals surface area contributed by atoms with Crippen molar-refractivity contribution in [2.75, 3.05) is 21.3 Å². The zero-order valence-electron chi connectivity index (χ0n) is 11.2. The Hall–Kier alpha value is -1.98. The molecule has 0 aliphatic heterocycles. The van der Waals surface area contributed by atoms with Crippen LogP contribution in [0.1, 0.15) is 12.0 Å². The molecule has 2 aromatic rings. The first-order valence-electron chi connectivity index (χ1n) is 5.82. The molecule has 0 amide bonds. The number of ether oxygens (including phenoxy) is 3. The van der Waals surface area contributed by atoms with E-state index in [2.05, 4.69) is 9.97 Å². The van der Waals surface area contributed by atoms with Gasteiger partial charge in [0, 0.05) is 20.4 Å². The van der Waals surface area contributed by atoms with Crippen LogP contribution in [0, 0.1) is 0 Å². The standard InChI is InChI=1S/C14H16N2O3/c1-17-12-7-5-4-6-10(12)13-15-9-8-11(16-13)14(18-2)19-3/h4-9,14H,1-3H3. The minimum atomic E-state index is -0.503. The summed E-state index contributed by atoms with van der Waals surface area (Å²) >= 11 is 0. The first-order valence-corrected chi connectivity index (χ1v) is 5.82. The highest BCUT2D eigenvalue weighted by atomic mass is 16.7. The van der Waals surface area contributed by atoms with Gasteiger partial charge < -0.3 is 14.2 Å². The van der Waals surface area contributed by atoms with Crippen molar-refractivity contribution in [3.05, 3.63) is 42.2 Å². The van der Waals surface area contributed by atoms with E-state index in [-0.39, 0.29) is 0 Å². The van der Waals surface area contributed by atoms with Gasteiger partial charge in [-0.3, -0.25) is 0 Å². The lowest BCUT2D eigenvalue weighted by molar-refractivity contribution is -0.108. The van der Waals surface area contributed by atoms with Gasteiger partial charge in [-0.15, -0.1) is 0 Å². The third kappa shape index (κ3) is 2.89. The van der Waals surface area contributed by atoms with E-state index < -0.39 is 6.29 Å². The lowest BCUT2D eigenvalue weighted by Gasteiger charge is -2.13. The maximum atomic E-state index is 5.31. The number of hydrogen-bond acceptors (Lipinski definition) is 5. The molecule has 0 fully saturated rings. The zero-order valence-corrected chi connectivity index (χ0v) is 11.2. The average molecular weight is 260 g/mol. The molecule has 0 saturated carbocycles. The van der Waals surface area contributed by atoms with Gasteiger partial charge in [0.05, 0.1) is 12.7 Å². The van der Waals surface area contributed by atoms with E-state index in [1.807, 2.05) is 24.3 Å². The Morgan fingerprint density at radius 1 is 1.00 bits per heavy atom. The predicted octanol–water partition coefficient (Wildman–Crippen LogP) is 2.44. The van der Waals surface area contributed by atoms with Gasteiger partial charge in [-0.2, -0.15) is 0 Å². The lowest BCUT2D eigenvalue weighted by atomic mass is 10.2. The molecule has 0 atom stereocenters. The molecule has 0 aliphatic carbocycles. The van der Waals surface area contributed by atoms with Crippen LogP contribution in [0.5, 0.6) is 5.75 Å². The number of para-hydroxylation sites is 1. The van der Waals surface area contributed by atoms with Crippen molar-refractivity contribution in [3.63, 3.8) is 0 Å². The molecule has 0 radical (unpaired) electrons. The molecule has 0 unspecified atom stereocenters. The molecule has 0 N–H and O–H groups in total. The van der Waals surface area contributed by atoms with Crippen molar-refractivity contribution in [1.82, 2.24) is 9.97 Å². The summed E-state index contributed by atoms with van der Waals surface area (Å²) in [5, 5.41) is 0. The minimum absolute atomic E-state index is 0.503. The van der Waals surface area contributed by atoms with Crippen LogP contribution in [0.25, 0.3) is 11.4 Å². The van der Waals surface area contributed by atoms with Crippen LogP contribution in [0.4, 0.5) is 0 Å². The van der Waals surface area contributed by atoms with E-state index in [1.54, 1.807) is 33.6 Å². The number of nitrogens with zero attached hydrogens (tertiary/aromatic N) is 2. The molecule has 0 spiro atoms. The van der Waals surface area contributed by atoms with Crippen LogP contribution in [0.15, 0.2) is 36.5 Å². The zero-order chi connectivity index (χ0) is 13.7. The molecule has 5 heteroatoms. The van der Waals surface area contributed by atoms with Crippen LogP contribution in [-0.4, -0.2) is 31.3 Å². The Morgan fingerprint density at radius 2 is 1.74 bits per heavy atom. The van der Waals surface area contributed by atoms with Crippen LogP contribution in [-0.2, 0) is 9.47 Å². The normalized spacial score (nSPS) is 10.7. The highest BCUT2D eigenvalue weighted by molar-refractivity contribution is 5.63. The van der Waals surface area contributed by atoms with Crippen LogP contribution in [0.3, 0.4) is 0 Å². The van der Waals surface area contributed by atoms with Crippen molar-refractivity contribution >= 4 is 0 Å². The predicted molar refractivity (Wildman–Crippen MR) is 70.8 cm³/mol. The molecule has 100 valence electrons. The molecule has 19 heavy (non-hydrogen) atoms. The molecule has 5 nitrogen and oxygen atoms in total. The SMILES string of the molecule is COc1ccccc1-c1nccc(C(OC)OC)n1. The molecule has 2 rings (SSSR count). The summed E-state index contributed by atoms with van der Waals surface area (Å²) in [5.74, 6) is 1.31. The van der Waals surface area contributed by atoms with Crippen LogP contribution >= 0.6 is 0 Å². The second-order valence-electron chi connectivity index (χ2n) is 3.81. The Morgan fingerprint density at radius 3 is 2.42 bits per heavy atom. The fourth-order valence-electron chi connectivity index (χ4n) is 1.80. The van der Waals surface area contributed by atoms with Gasteiger partial charge in [0.1, 0.15) is 11.4 Å². The second kappa shape index (κ2) is 6.26. The monoisotopic (exact) mass is 260 g/mol. The Labute approximate surface area is 112 Å². The fraction of sp³-hybridized carbons (Fsp3) is 0.286. The number of aromatic nitrogens is 2. The molecular weight excluding hydrogens is 244 g/mol. The van der Waals surface area contributed by atoms with Crippen molar-refractivity contribution in [2.45, 2.75) is 6.29 Å². The van der Waals surface area contributed by atoms with Crippen LogP contribution in [0.2, 0.25) is 0 Å². The highest BCUT2D eigenvalue weighted by Crippen LogP contribution is 2.27. The lowest BCUT2D eigenvalue weighted by Crippen LogP contribution is -2.07. The smallest absolute Gasteiger partial charge is 0.200 e. The van der Waals surface area contributed by atoms with Gasteiger partial charge in [-0.25, -0.2) is 9.97 Å². The van der Waals surface area contributed by atoms with E-state index in [1.165, 1.54) is 0 Å². The van der Waals surface area contributed by atoms with Gasteiger partial charge in [0.15, 0.2) is 5.82 Å². The summed E-state index contributed by atoms with van der Waals surface area (Å²) in [5.41, 5.74) is 1.50. The molecule has 1 aromatic carbocycles. The highest BCUT2D eigenvalue weighted by Gasteiger charge is 2.14. The Kier molecular flexibility index (Phi) is 4.43. The van der Waals surface area contributed by atoms with Gasteiger partial charge in [0.25, 0.3) is 0 Å². The summed E-state index contributed by atoms with van der Waals surface area (Å²) in [4.78, 5) is 8.72. The average Bonchev–Trinajstić information content (AvgIpc) is 2.49. The summed E-state index contributed by atoms with van der Waals surface area (Å²) in [6.07, 6.45) is 1.17. The van der Waals surface area contributed by atoms with E-state index >= 15 is 0 Å². The summed E-state index contributed by atoms with van der Waals surface area (Å²) in [6, 6.07) is 9.36. The topological polar surface area (TPSA) is 53.5 Å². The van der Waals surface area contributed by atoms with Crippen molar-refractivity contribution in [1.29, 1.82) is 0 Å². The van der Waals surface area contributed by atoms with Gasteiger partial charge in [-0.05, 0) is 18.2 Å². The van der Waals surface area contributed by atoms with E-state index in [9.17, 15) is 0 Å². The second-order valence-corrected chi connectivity index (χ2v) is 3.81. The Balaban J connectivity index is 2.43. The summed E-state index contributed by atoms with van der Waals surface area (Å²) < 4.78 is 15.7. The van der Waals surface area contributed by atoms with Crippen molar-refractivity contribution in [2.24, 2.45) is 0 Å². The minimum Gasteiger partial charge on any atom is -0.496 e. The number of rotatable bonds is 5. The molecule has 0 bridgehead atoms. The summed E-state index contributed by atoms with van der Waals surface area (Å²) in [6.45, 7) is 0. The molecule has 1 heterocycles. The summed E-state index contributed by atoms with van der Waals surface area (Å²) in [7, 11) is 4.76. The van der Waals surface area contributed by atoms with E-state index in [0.717, 1.165) is 11.3 Å². The van der Waals surface area contributed by atoms with Gasteiger partial charge in [0.2, 0.25) is 6.29 Å². The maximum Gasteiger partial charge on any atom is 0.200 e. The molecule has 0 aliphatic rings. The largest absolute Gasteiger partial charge is 0.496 e. The van der Waals surface area contributed by atoms with Gasteiger partial charge >= 0.3 is 0 Å². The molecule has 0 saturated heterocycles. The maximum absolute atomic E-state index is 5.31. The van der Waals surface area contributed by atoms with Crippen molar-refractivity contribution < 1.29 is 14.2 Å². The van der Waals surface area contributed by atoms with Crippen LogP contribution < -0.4 is 4.74 Å². The Bertz CT molecular complexity index is 542. The first-order chi connectivity index (χ1) is 9.30. The van der Waals surface area contributed by atoms with E-state index in [0.29, 0.717) is 11.5 Å². The quantitative estimate of drug-likeness (QED) is 0.773. The van der Waals surface area contributed by atoms with E-state index in [4.69, 9.17) is 14.2 Å². The third-order valence-electron chi connectivity index (χ3n) is 2.69. The van der Waals surface area contributed by atoms with Gasteiger partial charge in [-0.1, -0.05) is 12.1 Å². The number of benzene rings is 1. The first kappa shape index (κ1) is 13.5. The fourth-order valence-corrected chi connectivity index (χ4v) is 1.80.